The highest BCUT2D eigenvalue weighted by atomic mass is 16.5. The minimum absolute atomic E-state index is 0.141. The van der Waals surface area contributed by atoms with Crippen molar-refractivity contribution in [2.75, 3.05) is 25.1 Å². The number of hydrogen-bond donors (Lipinski definition) is 0. The predicted octanol–water partition coefficient (Wildman–Crippen LogP) is 4.75. The van der Waals surface area contributed by atoms with Crippen LogP contribution >= 0.6 is 0 Å². The molecule has 0 N–H and O–H groups in total. The third kappa shape index (κ3) is 4.32. The Labute approximate surface area is 185 Å². The molecule has 5 nitrogen and oxygen atoms in total. The number of fused-ring (bicyclic) bond motifs is 1. The van der Waals surface area contributed by atoms with E-state index in [-0.39, 0.29) is 23.8 Å². The Morgan fingerprint density at radius 3 is 2.61 bits per heavy atom. The molecular formula is C26H32N2O3. The summed E-state index contributed by atoms with van der Waals surface area (Å²) < 4.78 is 5.32. The number of carbonyl (C=O) groups excluding carboxylic acids is 2. The molecule has 1 fully saturated rings. The van der Waals surface area contributed by atoms with Crippen molar-refractivity contribution in [2.24, 2.45) is 5.92 Å². The van der Waals surface area contributed by atoms with E-state index in [1.807, 2.05) is 46.2 Å². The van der Waals surface area contributed by atoms with E-state index in [0.29, 0.717) is 19.4 Å². The summed E-state index contributed by atoms with van der Waals surface area (Å²) >= 11 is 0. The topological polar surface area (TPSA) is 49.9 Å². The molecule has 1 saturated heterocycles. The first-order valence-corrected chi connectivity index (χ1v) is 11.5. The highest BCUT2D eigenvalue weighted by Gasteiger charge is 2.42. The van der Waals surface area contributed by atoms with Crippen LogP contribution in [0.25, 0.3) is 0 Å². The summed E-state index contributed by atoms with van der Waals surface area (Å²) in [4.78, 5) is 30.8. The molecule has 2 amide bonds. The lowest BCUT2D eigenvalue weighted by Gasteiger charge is -2.43. The van der Waals surface area contributed by atoms with Crippen molar-refractivity contribution in [3.8, 4) is 5.75 Å². The number of amides is 2. The molecule has 0 unspecified atom stereocenters. The number of anilines is 1. The largest absolute Gasteiger partial charge is 0.497 e. The molecule has 2 atom stereocenters. The lowest BCUT2D eigenvalue weighted by atomic mass is 9.82. The Hall–Kier alpha value is -2.82. The van der Waals surface area contributed by atoms with E-state index in [9.17, 15) is 9.59 Å². The van der Waals surface area contributed by atoms with Crippen LogP contribution in [0.3, 0.4) is 0 Å². The van der Waals surface area contributed by atoms with Crippen LogP contribution in [0.15, 0.2) is 48.5 Å². The summed E-state index contributed by atoms with van der Waals surface area (Å²) in [5, 5.41) is 0. The fourth-order valence-corrected chi connectivity index (χ4v) is 4.98. The van der Waals surface area contributed by atoms with Gasteiger partial charge in [0.2, 0.25) is 11.8 Å². The molecule has 0 aromatic heterocycles. The zero-order valence-corrected chi connectivity index (χ0v) is 18.5. The summed E-state index contributed by atoms with van der Waals surface area (Å²) in [5.41, 5.74) is 3.27. The number of piperidine rings is 1. The second kappa shape index (κ2) is 9.54. The third-order valence-corrected chi connectivity index (χ3v) is 6.61. The Morgan fingerprint density at radius 1 is 1.10 bits per heavy atom. The molecule has 0 aliphatic carbocycles. The van der Waals surface area contributed by atoms with Gasteiger partial charge >= 0.3 is 0 Å². The van der Waals surface area contributed by atoms with Crippen molar-refractivity contribution >= 4 is 17.5 Å². The van der Waals surface area contributed by atoms with Crippen molar-refractivity contribution in [1.82, 2.24) is 4.90 Å². The highest BCUT2D eigenvalue weighted by Crippen LogP contribution is 2.40. The molecule has 0 radical (unpaired) electrons. The molecule has 2 aromatic rings. The van der Waals surface area contributed by atoms with Crippen LogP contribution in [0.2, 0.25) is 0 Å². The van der Waals surface area contributed by atoms with Gasteiger partial charge in [-0.1, -0.05) is 43.7 Å². The lowest BCUT2D eigenvalue weighted by Crippen LogP contribution is -2.50. The summed E-state index contributed by atoms with van der Waals surface area (Å²) in [5.74, 6) is 0.826. The summed E-state index contributed by atoms with van der Waals surface area (Å²) in [6.45, 7) is 3.56. The number of likely N-dealkylation sites (tertiary alicyclic amines) is 1. The second-order valence-corrected chi connectivity index (χ2v) is 8.53. The number of rotatable bonds is 6. The van der Waals surface area contributed by atoms with E-state index in [4.69, 9.17) is 4.74 Å². The Balaban J connectivity index is 1.70. The molecule has 2 aliphatic rings. The van der Waals surface area contributed by atoms with Gasteiger partial charge in [-0.3, -0.25) is 9.59 Å². The Morgan fingerprint density at radius 2 is 1.87 bits per heavy atom. The van der Waals surface area contributed by atoms with E-state index in [0.717, 1.165) is 49.2 Å². The summed E-state index contributed by atoms with van der Waals surface area (Å²) in [6.07, 6.45) is 4.95. The van der Waals surface area contributed by atoms with Crippen LogP contribution in [-0.4, -0.2) is 36.9 Å². The average molecular weight is 421 g/mol. The monoisotopic (exact) mass is 420 g/mol. The van der Waals surface area contributed by atoms with Crippen molar-refractivity contribution < 1.29 is 14.3 Å². The second-order valence-electron chi connectivity index (χ2n) is 8.53. The van der Waals surface area contributed by atoms with Crippen LogP contribution in [0, 0.1) is 5.92 Å². The van der Waals surface area contributed by atoms with Crippen LogP contribution in [0.1, 0.15) is 56.2 Å². The Bertz CT molecular complexity index is 925. The molecule has 164 valence electrons. The number of para-hydroxylation sites is 1. The predicted molar refractivity (Wildman–Crippen MR) is 122 cm³/mol. The maximum absolute atomic E-state index is 13.9. The van der Waals surface area contributed by atoms with Crippen molar-refractivity contribution in [1.29, 1.82) is 0 Å². The number of benzene rings is 2. The van der Waals surface area contributed by atoms with Gasteiger partial charge in [-0.25, -0.2) is 0 Å². The fraction of sp³-hybridized carbons (Fsp3) is 0.462. The van der Waals surface area contributed by atoms with Gasteiger partial charge in [0.15, 0.2) is 0 Å². The Kier molecular flexibility index (Phi) is 6.59. The minimum atomic E-state index is -0.242. The van der Waals surface area contributed by atoms with Crippen molar-refractivity contribution in [2.45, 2.75) is 51.5 Å². The quantitative estimate of drug-likeness (QED) is 0.677. The SMILES string of the molecule is CCCCN1C(=O)CC[C@@H](C(=O)N2CCCc3ccccc32)[C@@H]1c1ccc(OC)cc1. The smallest absolute Gasteiger partial charge is 0.232 e. The standard InChI is InChI=1S/C26H32N2O3/c1-3-4-17-28-24(29)16-15-22(25(28)20-11-13-21(31-2)14-12-20)26(30)27-18-7-9-19-8-5-6-10-23(19)27/h5-6,8,10-14,22,25H,3-4,7,9,15-18H2,1-2H3/t22-,25+/m1/s1. The molecule has 0 spiro atoms. The first kappa shape index (κ1) is 21.4. The number of ether oxygens (including phenoxy) is 1. The van der Waals surface area contributed by atoms with Gasteiger partial charge in [0.25, 0.3) is 0 Å². The van der Waals surface area contributed by atoms with Gasteiger partial charge in [0.05, 0.1) is 19.1 Å². The van der Waals surface area contributed by atoms with Crippen LogP contribution in [-0.2, 0) is 16.0 Å². The van der Waals surface area contributed by atoms with E-state index < -0.39 is 0 Å². The molecule has 5 heteroatoms. The van der Waals surface area contributed by atoms with E-state index in [1.165, 1.54) is 5.56 Å². The van der Waals surface area contributed by atoms with Crippen LogP contribution < -0.4 is 9.64 Å². The first-order valence-electron chi connectivity index (χ1n) is 11.5. The number of nitrogens with zero attached hydrogens (tertiary/aromatic N) is 2. The zero-order chi connectivity index (χ0) is 21.8. The number of unbranched alkanes of at least 4 members (excludes halogenated alkanes) is 1. The molecule has 2 aromatic carbocycles. The van der Waals surface area contributed by atoms with Gasteiger partial charge in [-0.2, -0.15) is 0 Å². The average Bonchev–Trinajstić information content (AvgIpc) is 2.82. The summed E-state index contributed by atoms with van der Waals surface area (Å²) in [7, 11) is 1.65. The number of aryl methyl sites for hydroxylation is 1. The van der Waals surface area contributed by atoms with Gasteiger partial charge in [0.1, 0.15) is 5.75 Å². The highest BCUT2D eigenvalue weighted by molar-refractivity contribution is 5.97. The number of hydrogen-bond acceptors (Lipinski definition) is 3. The molecule has 31 heavy (non-hydrogen) atoms. The third-order valence-electron chi connectivity index (χ3n) is 6.61. The first-order chi connectivity index (χ1) is 15.1. The van der Waals surface area contributed by atoms with Crippen molar-refractivity contribution in [3.63, 3.8) is 0 Å². The molecule has 0 bridgehead atoms. The summed E-state index contributed by atoms with van der Waals surface area (Å²) in [6, 6.07) is 15.8. The van der Waals surface area contributed by atoms with Gasteiger partial charge in [0, 0.05) is 25.2 Å². The number of carbonyl (C=O) groups is 2. The molecule has 4 rings (SSSR count). The maximum Gasteiger partial charge on any atom is 0.232 e. The van der Waals surface area contributed by atoms with Crippen LogP contribution in [0.4, 0.5) is 5.69 Å². The fourth-order valence-electron chi connectivity index (χ4n) is 4.98. The maximum atomic E-state index is 13.9. The molecule has 0 saturated carbocycles. The van der Waals surface area contributed by atoms with Gasteiger partial charge in [-0.05, 0) is 55.0 Å². The van der Waals surface area contributed by atoms with E-state index >= 15 is 0 Å². The van der Waals surface area contributed by atoms with E-state index in [1.54, 1.807) is 7.11 Å². The zero-order valence-electron chi connectivity index (χ0n) is 18.5. The molecule has 2 aliphatic heterocycles. The minimum Gasteiger partial charge on any atom is -0.497 e. The molecular weight excluding hydrogens is 388 g/mol. The lowest BCUT2D eigenvalue weighted by molar-refractivity contribution is -0.142. The normalized spacial score (nSPS) is 21.0. The van der Waals surface area contributed by atoms with Gasteiger partial charge < -0.3 is 14.5 Å². The van der Waals surface area contributed by atoms with Crippen molar-refractivity contribution in [3.05, 3.63) is 59.7 Å². The molecule has 2 heterocycles. The number of methoxy groups -OCH3 is 1. The van der Waals surface area contributed by atoms with Crippen LogP contribution in [0.5, 0.6) is 5.75 Å². The van der Waals surface area contributed by atoms with Gasteiger partial charge in [-0.15, -0.1) is 0 Å². The van der Waals surface area contributed by atoms with E-state index in [2.05, 4.69) is 19.1 Å².